The number of carbonyl (C=O) groups is 1. The van der Waals surface area contributed by atoms with E-state index in [4.69, 9.17) is 9.15 Å². The van der Waals surface area contributed by atoms with Gasteiger partial charge >= 0.3 is 0 Å². The summed E-state index contributed by atoms with van der Waals surface area (Å²) in [6.07, 6.45) is 7.69. The third kappa shape index (κ3) is 2.99. The second kappa shape index (κ2) is 6.24. The average Bonchev–Trinajstić information content (AvgIpc) is 3.26. The van der Waals surface area contributed by atoms with Crippen molar-refractivity contribution in [1.29, 1.82) is 0 Å². The summed E-state index contributed by atoms with van der Waals surface area (Å²) < 4.78 is 11.4. The highest BCUT2D eigenvalue weighted by atomic mass is 16.5. The molecule has 2 aromatic heterocycles. The molecule has 4 heterocycles. The van der Waals surface area contributed by atoms with Gasteiger partial charge in [-0.15, -0.1) is 0 Å². The Bertz CT molecular complexity index is 691. The van der Waals surface area contributed by atoms with Crippen LogP contribution in [0.1, 0.15) is 29.8 Å². The lowest BCUT2D eigenvalue weighted by atomic mass is 9.88. The highest BCUT2D eigenvalue weighted by Crippen LogP contribution is 2.36. The van der Waals surface area contributed by atoms with Crippen LogP contribution < -0.4 is 5.32 Å². The zero-order chi connectivity index (χ0) is 16.4. The van der Waals surface area contributed by atoms with Gasteiger partial charge in [-0.3, -0.25) is 4.79 Å². The molecule has 2 fully saturated rings. The van der Waals surface area contributed by atoms with Gasteiger partial charge in [-0.05, 0) is 31.0 Å². The second-order valence-corrected chi connectivity index (χ2v) is 6.42. The van der Waals surface area contributed by atoms with E-state index >= 15 is 0 Å². The van der Waals surface area contributed by atoms with Crippen LogP contribution in [0.15, 0.2) is 41.3 Å². The zero-order valence-electron chi connectivity index (χ0n) is 13.4. The van der Waals surface area contributed by atoms with Crippen molar-refractivity contribution in [3.8, 4) is 0 Å². The minimum Gasteiger partial charge on any atom is -0.459 e. The van der Waals surface area contributed by atoms with Crippen LogP contribution in [0.5, 0.6) is 0 Å². The first-order valence-electron chi connectivity index (χ1n) is 8.24. The molecular formula is C17H20N4O3. The summed E-state index contributed by atoms with van der Waals surface area (Å²) in [6.45, 7) is 1.94. The van der Waals surface area contributed by atoms with Gasteiger partial charge in [-0.25, -0.2) is 9.97 Å². The first-order chi connectivity index (χ1) is 11.7. The van der Waals surface area contributed by atoms with Crippen molar-refractivity contribution < 1.29 is 13.9 Å². The predicted octanol–water partition coefficient (Wildman–Crippen LogP) is 1.95. The third-order valence-corrected chi connectivity index (χ3v) is 4.67. The third-order valence-electron chi connectivity index (χ3n) is 4.67. The molecule has 24 heavy (non-hydrogen) atoms. The molecule has 0 aliphatic carbocycles. The van der Waals surface area contributed by atoms with Crippen molar-refractivity contribution in [2.24, 2.45) is 0 Å². The summed E-state index contributed by atoms with van der Waals surface area (Å²) in [6, 6.07) is 5.39. The molecule has 0 radical (unpaired) electrons. The van der Waals surface area contributed by atoms with Crippen molar-refractivity contribution in [2.75, 3.05) is 25.0 Å². The lowest BCUT2D eigenvalue weighted by Gasteiger charge is -2.39. The van der Waals surface area contributed by atoms with Crippen molar-refractivity contribution in [1.82, 2.24) is 14.9 Å². The Balaban J connectivity index is 1.41. The maximum atomic E-state index is 12.5. The van der Waals surface area contributed by atoms with Crippen LogP contribution in [-0.2, 0) is 4.74 Å². The fourth-order valence-electron chi connectivity index (χ4n) is 3.61. The molecule has 1 spiro atoms. The number of nitrogens with zero attached hydrogens (tertiary/aromatic N) is 3. The molecule has 0 unspecified atom stereocenters. The lowest BCUT2D eigenvalue weighted by molar-refractivity contribution is -0.0452. The summed E-state index contributed by atoms with van der Waals surface area (Å²) in [5.41, 5.74) is -0.285. The Labute approximate surface area is 140 Å². The smallest absolute Gasteiger partial charge is 0.289 e. The van der Waals surface area contributed by atoms with Crippen LogP contribution in [0.4, 0.5) is 5.95 Å². The van der Waals surface area contributed by atoms with Gasteiger partial charge < -0.3 is 19.4 Å². The minimum atomic E-state index is -0.285. The molecule has 0 aromatic carbocycles. The number of aromatic nitrogens is 2. The van der Waals surface area contributed by atoms with E-state index in [0.29, 0.717) is 24.9 Å². The van der Waals surface area contributed by atoms with E-state index in [0.717, 1.165) is 25.8 Å². The molecule has 0 bridgehead atoms. The van der Waals surface area contributed by atoms with Gasteiger partial charge in [-0.1, -0.05) is 0 Å². The molecule has 7 nitrogen and oxygen atoms in total. The Morgan fingerprint density at radius 2 is 2.21 bits per heavy atom. The predicted molar refractivity (Wildman–Crippen MR) is 86.6 cm³/mol. The number of likely N-dealkylation sites (tertiary alicyclic amines) is 1. The van der Waals surface area contributed by atoms with E-state index in [1.165, 1.54) is 6.26 Å². The number of rotatable bonds is 3. The van der Waals surface area contributed by atoms with Crippen LogP contribution in [0, 0.1) is 0 Å². The number of carbonyl (C=O) groups excluding carboxylic acids is 1. The highest BCUT2D eigenvalue weighted by molar-refractivity contribution is 5.91. The quantitative estimate of drug-likeness (QED) is 0.927. The van der Waals surface area contributed by atoms with Gasteiger partial charge in [-0.2, -0.15) is 0 Å². The largest absolute Gasteiger partial charge is 0.459 e. The maximum Gasteiger partial charge on any atom is 0.289 e. The SMILES string of the molecule is O=C(c1ccco1)N1CCC[C@@]2(C[C@H](Nc3ncccn3)CO2)C1. The van der Waals surface area contributed by atoms with E-state index in [1.54, 1.807) is 30.6 Å². The molecule has 2 aliphatic heterocycles. The highest BCUT2D eigenvalue weighted by Gasteiger charge is 2.45. The lowest BCUT2D eigenvalue weighted by Crippen LogP contribution is -2.50. The van der Waals surface area contributed by atoms with Crippen LogP contribution in [-0.4, -0.2) is 52.1 Å². The summed E-state index contributed by atoms with van der Waals surface area (Å²) >= 11 is 0. The van der Waals surface area contributed by atoms with Gasteiger partial charge in [0.25, 0.3) is 5.91 Å². The van der Waals surface area contributed by atoms with E-state index in [1.807, 2.05) is 4.90 Å². The maximum absolute atomic E-state index is 12.5. The summed E-state index contributed by atoms with van der Waals surface area (Å²) in [7, 11) is 0. The fourth-order valence-corrected chi connectivity index (χ4v) is 3.61. The van der Waals surface area contributed by atoms with Crippen LogP contribution in [0.2, 0.25) is 0 Å². The first kappa shape index (κ1) is 15.1. The monoisotopic (exact) mass is 328 g/mol. The van der Waals surface area contributed by atoms with Crippen molar-refractivity contribution in [3.63, 3.8) is 0 Å². The molecule has 4 rings (SSSR count). The summed E-state index contributed by atoms with van der Waals surface area (Å²) in [5, 5.41) is 3.31. The standard InChI is InChI=1S/C17H20N4O3/c22-15(14-4-1-9-23-14)21-8-2-5-17(12-21)10-13(11-24-17)20-16-18-6-3-7-19-16/h1,3-4,6-7,9,13H,2,5,8,10-12H2,(H,18,19,20)/t13-,17+/m0/s1. The van der Waals surface area contributed by atoms with Gasteiger partial charge in [0.05, 0.1) is 31.1 Å². The molecule has 1 amide bonds. The average molecular weight is 328 g/mol. The molecule has 2 saturated heterocycles. The van der Waals surface area contributed by atoms with Crippen molar-refractivity contribution in [2.45, 2.75) is 30.9 Å². The molecule has 2 aliphatic rings. The molecule has 1 N–H and O–H groups in total. The molecule has 2 atom stereocenters. The number of hydrogen-bond donors (Lipinski definition) is 1. The zero-order valence-corrected chi connectivity index (χ0v) is 13.4. The van der Waals surface area contributed by atoms with E-state index in [9.17, 15) is 4.79 Å². The molecule has 7 heteroatoms. The Morgan fingerprint density at radius 1 is 1.33 bits per heavy atom. The van der Waals surface area contributed by atoms with Crippen LogP contribution in [0.25, 0.3) is 0 Å². The fraction of sp³-hybridized carbons (Fsp3) is 0.471. The van der Waals surface area contributed by atoms with Gasteiger partial charge in [0, 0.05) is 25.4 Å². The Kier molecular flexibility index (Phi) is 3.93. The summed E-state index contributed by atoms with van der Waals surface area (Å²) in [5.74, 6) is 0.936. The van der Waals surface area contributed by atoms with Crippen molar-refractivity contribution >= 4 is 11.9 Å². The van der Waals surface area contributed by atoms with E-state index in [-0.39, 0.29) is 17.6 Å². The Hall–Kier alpha value is -2.41. The van der Waals surface area contributed by atoms with Crippen LogP contribution in [0.3, 0.4) is 0 Å². The van der Waals surface area contributed by atoms with Gasteiger partial charge in [0.1, 0.15) is 0 Å². The molecule has 0 saturated carbocycles. The number of ether oxygens (including phenoxy) is 1. The number of piperidine rings is 1. The van der Waals surface area contributed by atoms with Crippen molar-refractivity contribution in [3.05, 3.63) is 42.6 Å². The first-order valence-corrected chi connectivity index (χ1v) is 8.24. The summed E-state index contributed by atoms with van der Waals surface area (Å²) in [4.78, 5) is 22.7. The second-order valence-electron chi connectivity index (χ2n) is 6.42. The van der Waals surface area contributed by atoms with Gasteiger partial charge in [0.2, 0.25) is 5.95 Å². The van der Waals surface area contributed by atoms with Crippen LogP contribution >= 0.6 is 0 Å². The number of hydrogen-bond acceptors (Lipinski definition) is 6. The number of nitrogens with one attached hydrogen (secondary N) is 1. The molecule has 2 aromatic rings. The van der Waals surface area contributed by atoms with Gasteiger partial charge in [0.15, 0.2) is 5.76 Å². The van der Waals surface area contributed by atoms with E-state index in [2.05, 4.69) is 15.3 Å². The number of anilines is 1. The number of furan rings is 1. The molecule has 126 valence electrons. The Morgan fingerprint density at radius 3 is 3.00 bits per heavy atom. The normalized spacial score (nSPS) is 26.7. The topological polar surface area (TPSA) is 80.5 Å². The van der Waals surface area contributed by atoms with E-state index < -0.39 is 0 Å². The molecular weight excluding hydrogens is 308 g/mol. The number of amides is 1. The minimum absolute atomic E-state index is 0.0644.